The van der Waals surface area contributed by atoms with Gasteiger partial charge in [0.2, 0.25) is 23.6 Å². The average molecular weight is 906 g/mol. The van der Waals surface area contributed by atoms with Crippen LogP contribution in [0.15, 0.2) is 54.3 Å². The van der Waals surface area contributed by atoms with Crippen LogP contribution in [0.3, 0.4) is 0 Å². The molecule has 2 heterocycles. The Morgan fingerprint density at radius 3 is 1.98 bits per heavy atom. The number of esters is 1. The Labute approximate surface area is 383 Å². The van der Waals surface area contributed by atoms with E-state index in [9.17, 15) is 38.4 Å². The quantitative estimate of drug-likeness (QED) is 0.0817. The molecule has 1 aromatic heterocycles. The van der Waals surface area contributed by atoms with E-state index in [0.29, 0.717) is 6.42 Å². The summed E-state index contributed by atoms with van der Waals surface area (Å²) in [5.41, 5.74) is -1.61. The minimum Gasteiger partial charge on any atom is -0.458 e. The topological polar surface area (TPSA) is 206 Å². The fraction of sp³-hybridized carbons (Fsp3) is 0.583. The Hall–Kier alpha value is -6.00. The van der Waals surface area contributed by atoms with Crippen molar-refractivity contribution in [2.45, 2.75) is 137 Å². The molecule has 3 rings (SSSR count). The number of para-hydroxylation sites is 1. The highest BCUT2D eigenvalue weighted by Crippen LogP contribution is 2.37. The maximum absolute atomic E-state index is 14.7. The summed E-state index contributed by atoms with van der Waals surface area (Å²) in [6.45, 7) is 21.3. The van der Waals surface area contributed by atoms with Gasteiger partial charge in [-0.15, -0.1) is 0 Å². The molecule has 65 heavy (non-hydrogen) atoms. The number of aromatic nitrogens is 1. The van der Waals surface area contributed by atoms with Crippen molar-refractivity contribution >= 4 is 58.4 Å². The predicted octanol–water partition coefficient (Wildman–Crippen LogP) is 4.67. The monoisotopic (exact) mass is 906 g/mol. The first-order valence-electron chi connectivity index (χ1n) is 21.9. The van der Waals surface area contributed by atoms with Gasteiger partial charge < -0.3 is 34.9 Å². The van der Waals surface area contributed by atoms with Gasteiger partial charge in [0.05, 0.1) is 0 Å². The number of rotatable bonds is 18. The minimum absolute atomic E-state index is 0.0481. The van der Waals surface area contributed by atoms with Crippen LogP contribution in [-0.2, 0) is 55.5 Å². The Bertz CT molecular complexity index is 2170. The van der Waals surface area contributed by atoms with Crippen LogP contribution in [0.4, 0.5) is 4.79 Å². The van der Waals surface area contributed by atoms with Crippen LogP contribution in [-0.4, -0.2) is 130 Å². The smallest absolute Gasteiger partial charge is 0.410 e. The van der Waals surface area contributed by atoms with E-state index >= 15 is 0 Å². The zero-order chi connectivity index (χ0) is 49.4. The van der Waals surface area contributed by atoms with E-state index in [1.54, 1.807) is 48.6 Å². The summed E-state index contributed by atoms with van der Waals surface area (Å²) in [5.74, 6) is -3.61. The number of hydrogen-bond acceptors (Lipinski definition) is 10. The second kappa shape index (κ2) is 21.3. The highest BCUT2D eigenvalue weighted by molar-refractivity contribution is 6.12. The SMILES string of the molecule is C/C(=C\CN(C)C(=O)C(NC(=O)[C@@H](N(C)C(=O)OC(C)(C)C)C(C)(C)c1cn(C)c2ccccc12)C(C)(C)C)C(=O)N[C@H](CCC(=O)NCCCN1C(=O)C=CC1=O)C(=O)OC(C)(C)C. The first-order valence-corrected chi connectivity index (χ1v) is 21.9. The first kappa shape index (κ1) is 53.3. The Kier molecular flexibility index (Phi) is 17.5. The molecule has 0 bridgehead atoms. The third-order valence-electron chi connectivity index (χ3n) is 10.8. The van der Waals surface area contributed by atoms with Crippen molar-refractivity contribution in [1.29, 1.82) is 0 Å². The molecule has 0 aliphatic carbocycles. The van der Waals surface area contributed by atoms with Crippen molar-refractivity contribution in [1.82, 2.24) is 35.2 Å². The molecule has 17 nitrogen and oxygen atoms in total. The summed E-state index contributed by atoms with van der Waals surface area (Å²) in [7, 11) is 4.96. The molecular formula is C48H71N7O10. The molecule has 0 fully saturated rings. The number of carbonyl (C=O) groups is 8. The number of hydrogen-bond donors (Lipinski definition) is 3. The van der Waals surface area contributed by atoms with Gasteiger partial charge in [-0.25, -0.2) is 9.59 Å². The van der Waals surface area contributed by atoms with Gasteiger partial charge >= 0.3 is 12.1 Å². The van der Waals surface area contributed by atoms with Gasteiger partial charge in [-0.1, -0.05) is 58.9 Å². The maximum Gasteiger partial charge on any atom is 0.410 e. The molecule has 3 N–H and O–H groups in total. The van der Waals surface area contributed by atoms with E-state index in [1.807, 2.05) is 76.7 Å². The average Bonchev–Trinajstić information content (AvgIpc) is 3.70. The van der Waals surface area contributed by atoms with E-state index in [1.165, 1.54) is 42.0 Å². The fourth-order valence-corrected chi connectivity index (χ4v) is 7.35. The van der Waals surface area contributed by atoms with Crippen molar-refractivity contribution in [3.8, 4) is 0 Å². The Morgan fingerprint density at radius 2 is 1.42 bits per heavy atom. The second-order valence-corrected chi connectivity index (χ2v) is 20.3. The number of aryl methyl sites for hydroxylation is 1. The molecule has 358 valence electrons. The number of ether oxygens (including phenoxy) is 2. The van der Waals surface area contributed by atoms with Crippen molar-refractivity contribution in [3.63, 3.8) is 0 Å². The minimum atomic E-state index is -1.19. The third-order valence-corrected chi connectivity index (χ3v) is 10.8. The third kappa shape index (κ3) is 14.8. The van der Waals surface area contributed by atoms with E-state index in [0.717, 1.165) is 21.4 Å². The molecule has 1 aliphatic rings. The van der Waals surface area contributed by atoms with Crippen LogP contribution >= 0.6 is 0 Å². The highest BCUT2D eigenvalue weighted by atomic mass is 16.6. The van der Waals surface area contributed by atoms with Crippen LogP contribution in [0.1, 0.15) is 108 Å². The molecule has 2 aromatic rings. The number of likely N-dealkylation sites (N-methyl/N-ethyl adjacent to an activating group) is 2. The fourth-order valence-electron chi connectivity index (χ4n) is 7.35. The molecule has 7 amide bonds. The highest BCUT2D eigenvalue weighted by Gasteiger charge is 2.46. The summed E-state index contributed by atoms with van der Waals surface area (Å²) in [5, 5.41) is 9.27. The van der Waals surface area contributed by atoms with Gasteiger partial charge in [-0.3, -0.25) is 38.6 Å². The zero-order valence-corrected chi connectivity index (χ0v) is 41.0. The van der Waals surface area contributed by atoms with E-state index < -0.39 is 87.7 Å². The van der Waals surface area contributed by atoms with Gasteiger partial charge in [-0.05, 0) is 78.4 Å². The standard InChI is InChI=1S/C48H71N7O10/c1-30(40(59)50-33(43(62)64-46(5,6)7)21-22-35(56)49-26-18-27-55-36(57)23-24-37(55)58)25-28-52(13)42(61)38(45(2,3)4)51-41(60)39(54(15)44(63)65-47(8,9)10)48(11,12)32-29-53(14)34-20-17-16-19-31(32)34/h16-17,19-20,23-25,29,33,38-39H,18,21-22,26-28H2,1-15H3,(H,49,56)(H,50,59)(H,51,60)/b30-25+/t33-,38?,39-/m1/s1. The molecule has 1 unspecified atom stereocenters. The van der Waals surface area contributed by atoms with Crippen LogP contribution in [0.5, 0.6) is 0 Å². The van der Waals surface area contributed by atoms with Crippen LogP contribution in [0.25, 0.3) is 10.9 Å². The Morgan fingerprint density at radius 1 is 0.831 bits per heavy atom. The van der Waals surface area contributed by atoms with Crippen molar-refractivity contribution in [2.24, 2.45) is 12.5 Å². The molecular weight excluding hydrogens is 835 g/mol. The second-order valence-electron chi connectivity index (χ2n) is 20.3. The largest absolute Gasteiger partial charge is 0.458 e. The lowest BCUT2D eigenvalue weighted by atomic mass is 9.76. The molecule has 1 aliphatic heterocycles. The van der Waals surface area contributed by atoms with E-state index in [-0.39, 0.29) is 38.0 Å². The zero-order valence-electron chi connectivity index (χ0n) is 41.0. The number of nitrogens with zero attached hydrogens (tertiary/aromatic N) is 4. The Balaban J connectivity index is 1.78. The molecule has 3 atom stereocenters. The number of amides is 7. The van der Waals surface area contributed by atoms with Gasteiger partial charge in [0.1, 0.15) is 29.3 Å². The number of fused-ring (bicyclic) bond motifs is 1. The van der Waals surface area contributed by atoms with Crippen LogP contribution in [0, 0.1) is 5.41 Å². The molecule has 17 heteroatoms. The van der Waals surface area contributed by atoms with Gasteiger partial charge in [0.15, 0.2) is 0 Å². The molecule has 0 radical (unpaired) electrons. The lowest BCUT2D eigenvalue weighted by Crippen LogP contribution is -2.62. The summed E-state index contributed by atoms with van der Waals surface area (Å²) in [4.78, 5) is 109. The van der Waals surface area contributed by atoms with Crippen molar-refractivity contribution < 1.29 is 47.8 Å². The summed E-state index contributed by atoms with van der Waals surface area (Å²) < 4.78 is 13.2. The van der Waals surface area contributed by atoms with E-state index in [4.69, 9.17) is 9.47 Å². The molecule has 0 saturated heterocycles. The summed E-state index contributed by atoms with van der Waals surface area (Å²) in [6, 6.07) is 4.37. The number of nitrogens with one attached hydrogen (secondary N) is 3. The van der Waals surface area contributed by atoms with Crippen molar-refractivity contribution in [2.75, 3.05) is 33.7 Å². The van der Waals surface area contributed by atoms with Gasteiger partial charge in [0.25, 0.3) is 11.8 Å². The number of imide groups is 1. The van der Waals surface area contributed by atoms with Crippen LogP contribution in [0.2, 0.25) is 0 Å². The number of benzene rings is 1. The van der Waals surface area contributed by atoms with Crippen LogP contribution < -0.4 is 16.0 Å². The number of carbonyl (C=O) groups excluding carboxylic acids is 8. The lowest BCUT2D eigenvalue weighted by Gasteiger charge is -2.41. The predicted molar refractivity (Wildman–Crippen MR) is 247 cm³/mol. The van der Waals surface area contributed by atoms with E-state index in [2.05, 4.69) is 16.0 Å². The van der Waals surface area contributed by atoms with Crippen molar-refractivity contribution in [3.05, 3.63) is 59.8 Å². The lowest BCUT2D eigenvalue weighted by molar-refractivity contribution is -0.158. The maximum atomic E-state index is 14.7. The molecule has 0 saturated carbocycles. The van der Waals surface area contributed by atoms with Gasteiger partial charge in [0, 0.05) is 87.4 Å². The van der Waals surface area contributed by atoms with Gasteiger partial charge in [-0.2, -0.15) is 0 Å². The molecule has 1 aromatic carbocycles. The molecule has 0 spiro atoms. The first-order chi connectivity index (χ1) is 29.8. The normalized spacial score (nSPS) is 15.0. The summed E-state index contributed by atoms with van der Waals surface area (Å²) >= 11 is 0. The summed E-state index contributed by atoms with van der Waals surface area (Å²) in [6.07, 6.45) is 5.23.